The predicted molar refractivity (Wildman–Crippen MR) is 125 cm³/mol. The lowest BCUT2D eigenvalue weighted by Gasteiger charge is -2.34. The van der Waals surface area contributed by atoms with Crippen LogP contribution in [0.15, 0.2) is 42.5 Å². The van der Waals surface area contributed by atoms with E-state index in [0.29, 0.717) is 40.9 Å². The van der Waals surface area contributed by atoms with Gasteiger partial charge in [0.15, 0.2) is 0 Å². The molecule has 0 spiro atoms. The lowest BCUT2D eigenvalue weighted by Crippen LogP contribution is -2.50. The molecular formula is C24H27N3O5S. The second-order valence-corrected chi connectivity index (χ2v) is 11.9. The Morgan fingerprint density at radius 3 is 2.30 bits per heavy atom. The fraction of sp³-hybridized carbons (Fsp3) is 0.375. The minimum atomic E-state index is -3.05. The Kier molecular flexibility index (Phi) is 5.35. The highest BCUT2D eigenvalue weighted by Gasteiger charge is 2.45. The molecule has 2 aliphatic heterocycles. The minimum absolute atomic E-state index is 0.0504. The minimum Gasteiger partial charge on any atom is -0.366 e. The summed E-state index contributed by atoms with van der Waals surface area (Å²) in [7, 11) is -3.05. The molecule has 0 aliphatic carbocycles. The Bertz CT molecular complexity index is 1270. The highest BCUT2D eigenvalue weighted by Crippen LogP contribution is 2.45. The molecule has 8 nitrogen and oxygen atoms in total. The molecule has 2 aromatic rings. The summed E-state index contributed by atoms with van der Waals surface area (Å²) in [5.74, 6) is -0.971. The molecule has 2 heterocycles. The van der Waals surface area contributed by atoms with Gasteiger partial charge in [-0.3, -0.25) is 19.3 Å². The average Bonchev–Trinajstić information content (AvgIpc) is 2.96. The fourth-order valence-corrected chi connectivity index (χ4v) is 6.12. The molecule has 2 aromatic carbocycles. The van der Waals surface area contributed by atoms with E-state index in [1.165, 1.54) is 4.90 Å². The molecular weight excluding hydrogens is 442 g/mol. The van der Waals surface area contributed by atoms with Gasteiger partial charge < -0.3 is 11.1 Å². The van der Waals surface area contributed by atoms with E-state index in [1.807, 2.05) is 6.92 Å². The SMILES string of the molecule is CC1(NC(=O)c2ccc3c(c2)C(C)(C)C(=O)N3c2cccc(C(N)=O)c2)CCS(=O)(=O)CC1. The number of fused-ring (bicyclic) bond motifs is 1. The quantitative estimate of drug-likeness (QED) is 0.711. The van der Waals surface area contributed by atoms with Crippen LogP contribution in [0.25, 0.3) is 0 Å². The topological polar surface area (TPSA) is 127 Å². The molecule has 1 saturated heterocycles. The molecule has 0 unspecified atom stereocenters. The van der Waals surface area contributed by atoms with E-state index in [1.54, 1.807) is 56.3 Å². The number of primary amides is 1. The number of hydrogen-bond acceptors (Lipinski definition) is 5. The lowest BCUT2D eigenvalue weighted by atomic mass is 9.85. The molecule has 33 heavy (non-hydrogen) atoms. The number of rotatable bonds is 4. The van der Waals surface area contributed by atoms with Crippen LogP contribution in [0.5, 0.6) is 0 Å². The van der Waals surface area contributed by atoms with Crippen LogP contribution < -0.4 is 16.0 Å². The molecule has 3 N–H and O–H groups in total. The van der Waals surface area contributed by atoms with Gasteiger partial charge >= 0.3 is 0 Å². The largest absolute Gasteiger partial charge is 0.366 e. The second kappa shape index (κ2) is 7.69. The van der Waals surface area contributed by atoms with E-state index in [2.05, 4.69) is 5.32 Å². The number of sulfone groups is 1. The van der Waals surface area contributed by atoms with Gasteiger partial charge in [0.05, 0.1) is 22.6 Å². The lowest BCUT2D eigenvalue weighted by molar-refractivity contribution is -0.121. The number of nitrogens with two attached hydrogens (primary N) is 1. The summed E-state index contributed by atoms with van der Waals surface area (Å²) in [6.07, 6.45) is 0.722. The normalized spacial score (nSPS) is 20.2. The Labute approximate surface area is 193 Å². The molecule has 1 fully saturated rings. The van der Waals surface area contributed by atoms with Gasteiger partial charge in [-0.2, -0.15) is 0 Å². The maximum atomic E-state index is 13.3. The number of nitrogens with one attached hydrogen (secondary N) is 1. The number of carbonyl (C=O) groups is 3. The standard InChI is InChI=1S/C24H27N3O5S/c1-23(2)18-14-16(21(29)26-24(3)9-11-33(31,32)12-10-24)7-8-19(18)27(22(23)30)17-6-4-5-15(13-17)20(25)28/h4-8,13-14H,9-12H2,1-3H3,(H2,25,28)(H,26,29). The van der Waals surface area contributed by atoms with Gasteiger partial charge in [0, 0.05) is 22.4 Å². The van der Waals surface area contributed by atoms with Gasteiger partial charge in [-0.15, -0.1) is 0 Å². The highest BCUT2D eigenvalue weighted by atomic mass is 32.2. The molecule has 0 bridgehead atoms. The van der Waals surface area contributed by atoms with Crippen molar-refractivity contribution in [3.63, 3.8) is 0 Å². The molecule has 4 rings (SSSR count). The second-order valence-electron chi connectivity index (χ2n) is 9.58. The van der Waals surface area contributed by atoms with Crippen LogP contribution in [0.4, 0.5) is 11.4 Å². The number of nitrogens with zero attached hydrogens (tertiary/aromatic N) is 1. The van der Waals surface area contributed by atoms with Crippen LogP contribution in [-0.4, -0.2) is 43.2 Å². The highest BCUT2D eigenvalue weighted by molar-refractivity contribution is 7.91. The van der Waals surface area contributed by atoms with E-state index in [9.17, 15) is 22.8 Å². The van der Waals surface area contributed by atoms with Crippen molar-refractivity contribution in [1.29, 1.82) is 0 Å². The van der Waals surface area contributed by atoms with E-state index in [-0.39, 0.29) is 23.3 Å². The number of hydrogen-bond donors (Lipinski definition) is 2. The number of benzene rings is 2. The van der Waals surface area contributed by atoms with Crippen LogP contribution in [0.3, 0.4) is 0 Å². The average molecular weight is 470 g/mol. The zero-order chi connectivity index (χ0) is 24.2. The third-order valence-electron chi connectivity index (χ3n) is 6.64. The number of amides is 3. The van der Waals surface area contributed by atoms with Gasteiger partial charge in [0.2, 0.25) is 11.8 Å². The van der Waals surface area contributed by atoms with Crippen molar-refractivity contribution < 1.29 is 22.8 Å². The summed E-state index contributed by atoms with van der Waals surface area (Å²) in [4.78, 5) is 39.5. The van der Waals surface area contributed by atoms with Crippen LogP contribution >= 0.6 is 0 Å². The van der Waals surface area contributed by atoms with Gasteiger partial charge in [-0.25, -0.2) is 8.42 Å². The first-order chi connectivity index (χ1) is 15.3. The number of carbonyl (C=O) groups excluding carboxylic acids is 3. The molecule has 3 amide bonds. The summed E-state index contributed by atoms with van der Waals surface area (Å²) < 4.78 is 23.5. The molecule has 9 heteroatoms. The molecule has 2 aliphatic rings. The molecule has 174 valence electrons. The Morgan fingerprint density at radius 1 is 1.00 bits per heavy atom. The monoisotopic (exact) mass is 469 g/mol. The van der Waals surface area contributed by atoms with Crippen LogP contribution in [0.1, 0.15) is 59.9 Å². The van der Waals surface area contributed by atoms with Crippen molar-refractivity contribution in [2.45, 2.75) is 44.6 Å². The third-order valence-corrected chi connectivity index (χ3v) is 8.30. The number of anilines is 2. The molecule has 0 atom stereocenters. The first-order valence-electron chi connectivity index (χ1n) is 10.7. The zero-order valence-corrected chi connectivity index (χ0v) is 19.7. The van der Waals surface area contributed by atoms with Gasteiger partial charge in [-0.05, 0) is 75.6 Å². The summed E-state index contributed by atoms with van der Waals surface area (Å²) >= 11 is 0. The third kappa shape index (κ3) is 4.13. The summed E-state index contributed by atoms with van der Waals surface area (Å²) in [5.41, 5.74) is 6.46. The van der Waals surface area contributed by atoms with Crippen molar-refractivity contribution in [3.05, 3.63) is 59.2 Å². The Balaban J connectivity index is 1.66. The van der Waals surface area contributed by atoms with Crippen molar-refractivity contribution in [2.24, 2.45) is 5.73 Å². The first kappa shape index (κ1) is 23.0. The molecule has 0 aromatic heterocycles. The van der Waals surface area contributed by atoms with E-state index < -0.39 is 26.7 Å². The zero-order valence-electron chi connectivity index (χ0n) is 18.8. The first-order valence-corrected chi connectivity index (χ1v) is 12.6. The van der Waals surface area contributed by atoms with Crippen molar-refractivity contribution in [2.75, 3.05) is 16.4 Å². The maximum absolute atomic E-state index is 13.3. The van der Waals surface area contributed by atoms with Crippen molar-refractivity contribution >= 4 is 38.9 Å². The summed E-state index contributed by atoms with van der Waals surface area (Å²) in [5, 5.41) is 2.99. The smallest absolute Gasteiger partial charge is 0.251 e. The van der Waals surface area contributed by atoms with E-state index in [0.717, 1.165) is 0 Å². The maximum Gasteiger partial charge on any atom is 0.251 e. The van der Waals surface area contributed by atoms with Gasteiger partial charge in [0.25, 0.3) is 5.91 Å². The Morgan fingerprint density at radius 2 is 1.67 bits per heavy atom. The summed E-state index contributed by atoms with van der Waals surface area (Å²) in [6, 6.07) is 11.6. The van der Waals surface area contributed by atoms with Gasteiger partial charge in [0.1, 0.15) is 9.84 Å². The van der Waals surface area contributed by atoms with Crippen LogP contribution in [-0.2, 0) is 20.0 Å². The molecule has 0 radical (unpaired) electrons. The molecule has 0 saturated carbocycles. The van der Waals surface area contributed by atoms with Crippen molar-refractivity contribution in [1.82, 2.24) is 5.32 Å². The Hall–Kier alpha value is -3.20. The summed E-state index contributed by atoms with van der Waals surface area (Å²) in [6.45, 7) is 5.44. The van der Waals surface area contributed by atoms with Crippen molar-refractivity contribution in [3.8, 4) is 0 Å². The van der Waals surface area contributed by atoms with E-state index in [4.69, 9.17) is 5.73 Å². The predicted octanol–water partition coefficient (Wildman–Crippen LogP) is 2.44. The van der Waals surface area contributed by atoms with Crippen LogP contribution in [0.2, 0.25) is 0 Å². The van der Waals surface area contributed by atoms with Crippen LogP contribution in [0, 0.1) is 0 Å². The fourth-order valence-electron chi connectivity index (χ4n) is 4.39. The van der Waals surface area contributed by atoms with Gasteiger partial charge in [-0.1, -0.05) is 6.07 Å². The van der Waals surface area contributed by atoms with E-state index >= 15 is 0 Å².